The SMILES string of the molecule is O=C(O)c1ccc(-c2cnccn2)c(Cl)c1. The van der Waals surface area contributed by atoms with Crippen molar-refractivity contribution in [1.29, 1.82) is 0 Å². The molecule has 80 valence electrons. The number of carboxylic acid groups (broad SMARTS) is 1. The third-order valence-corrected chi connectivity index (χ3v) is 2.37. The molecule has 0 unspecified atom stereocenters. The molecule has 0 radical (unpaired) electrons. The zero-order valence-corrected chi connectivity index (χ0v) is 8.85. The zero-order valence-electron chi connectivity index (χ0n) is 8.09. The summed E-state index contributed by atoms with van der Waals surface area (Å²) in [6.07, 6.45) is 4.68. The lowest BCUT2D eigenvalue weighted by Crippen LogP contribution is -1.96. The Bertz CT molecular complexity index is 529. The van der Waals surface area contributed by atoms with Crippen LogP contribution in [0.15, 0.2) is 36.8 Å². The van der Waals surface area contributed by atoms with Gasteiger partial charge in [0.25, 0.3) is 0 Å². The topological polar surface area (TPSA) is 63.1 Å². The molecule has 0 saturated heterocycles. The predicted octanol–water partition coefficient (Wildman–Crippen LogP) is 2.50. The van der Waals surface area contributed by atoms with Crippen molar-refractivity contribution in [2.24, 2.45) is 0 Å². The van der Waals surface area contributed by atoms with Crippen LogP contribution in [0.25, 0.3) is 11.3 Å². The van der Waals surface area contributed by atoms with Crippen molar-refractivity contribution < 1.29 is 9.90 Å². The van der Waals surface area contributed by atoms with Gasteiger partial charge in [0, 0.05) is 18.0 Å². The molecule has 0 aliphatic rings. The number of carboxylic acids is 1. The van der Waals surface area contributed by atoms with E-state index >= 15 is 0 Å². The van der Waals surface area contributed by atoms with Gasteiger partial charge in [-0.15, -0.1) is 0 Å². The van der Waals surface area contributed by atoms with E-state index in [-0.39, 0.29) is 5.56 Å². The molecule has 1 aromatic heterocycles. The Labute approximate surface area is 96.6 Å². The molecule has 0 bridgehead atoms. The second-order valence-corrected chi connectivity index (χ2v) is 3.50. The molecule has 0 amide bonds. The molecule has 2 rings (SSSR count). The Morgan fingerprint density at radius 1 is 1.31 bits per heavy atom. The Morgan fingerprint density at radius 2 is 2.12 bits per heavy atom. The maximum Gasteiger partial charge on any atom is 0.335 e. The maximum atomic E-state index is 10.7. The van der Waals surface area contributed by atoms with Gasteiger partial charge in [0.1, 0.15) is 0 Å². The van der Waals surface area contributed by atoms with Crippen LogP contribution in [0.1, 0.15) is 10.4 Å². The number of aromatic nitrogens is 2. The van der Waals surface area contributed by atoms with Crippen LogP contribution in [0.5, 0.6) is 0 Å². The molecule has 4 nitrogen and oxygen atoms in total. The highest BCUT2D eigenvalue weighted by Crippen LogP contribution is 2.26. The fourth-order valence-corrected chi connectivity index (χ4v) is 1.57. The van der Waals surface area contributed by atoms with E-state index in [0.717, 1.165) is 0 Å². The van der Waals surface area contributed by atoms with E-state index in [2.05, 4.69) is 9.97 Å². The summed E-state index contributed by atoms with van der Waals surface area (Å²) < 4.78 is 0. The molecular formula is C11H7ClN2O2. The lowest BCUT2D eigenvalue weighted by Gasteiger charge is -2.03. The van der Waals surface area contributed by atoms with Gasteiger partial charge in [-0.1, -0.05) is 17.7 Å². The van der Waals surface area contributed by atoms with E-state index in [1.165, 1.54) is 12.1 Å². The van der Waals surface area contributed by atoms with Crippen LogP contribution >= 0.6 is 11.6 Å². The van der Waals surface area contributed by atoms with E-state index in [1.54, 1.807) is 24.7 Å². The molecular weight excluding hydrogens is 228 g/mol. The van der Waals surface area contributed by atoms with Crippen LogP contribution in [-0.2, 0) is 0 Å². The second kappa shape index (κ2) is 4.28. The van der Waals surface area contributed by atoms with Gasteiger partial charge >= 0.3 is 5.97 Å². The van der Waals surface area contributed by atoms with Crippen molar-refractivity contribution in [3.8, 4) is 11.3 Å². The summed E-state index contributed by atoms with van der Waals surface area (Å²) in [4.78, 5) is 18.7. The number of benzene rings is 1. The smallest absolute Gasteiger partial charge is 0.335 e. The molecule has 0 saturated carbocycles. The summed E-state index contributed by atoms with van der Waals surface area (Å²) in [6.45, 7) is 0. The van der Waals surface area contributed by atoms with Gasteiger partial charge in [-0.25, -0.2) is 4.79 Å². The Morgan fingerprint density at radius 3 is 2.69 bits per heavy atom. The first-order valence-electron chi connectivity index (χ1n) is 4.47. The molecule has 0 aliphatic heterocycles. The number of halogens is 1. The molecule has 0 spiro atoms. The molecule has 5 heteroatoms. The van der Waals surface area contributed by atoms with Gasteiger partial charge < -0.3 is 5.11 Å². The van der Waals surface area contributed by atoms with E-state index in [0.29, 0.717) is 16.3 Å². The minimum Gasteiger partial charge on any atom is -0.478 e. The number of nitrogens with zero attached hydrogens (tertiary/aromatic N) is 2. The number of rotatable bonds is 2. The van der Waals surface area contributed by atoms with Crippen molar-refractivity contribution in [3.63, 3.8) is 0 Å². The molecule has 1 heterocycles. The number of hydrogen-bond acceptors (Lipinski definition) is 3. The van der Waals surface area contributed by atoms with Crippen LogP contribution in [0.4, 0.5) is 0 Å². The van der Waals surface area contributed by atoms with Gasteiger partial charge in [-0.2, -0.15) is 0 Å². The Balaban J connectivity index is 2.48. The first kappa shape index (κ1) is 10.6. The third-order valence-electron chi connectivity index (χ3n) is 2.06. The highest BCUT2D eigenvalue weighted by molar-refractivity contribution is 6.33. The third kappa shape index (κ3) is 2.01. The number of aromatic carboxylic acids is 1. The first-order valence-corrected chi connectivity index (χ1v) is 4.85. The Kier molecular flexibility index (Phi) is 2.83. The monoisotopic (exact) mass is 234 g/mol. The lowest BCUT2D eigenvalue weighted by molar-refractivity contribution is 0.0697. The van der Waals surface area contributed by atoms with Crippen molar-refractivity contribution in [2.75, 3.05) is 0 Å². The van der Waals surface area contributed by atoms with Crippen LogP contribution < -0.4 is 0 Å². The van der Waals surface area contributed by atoms with Crippen molar-refractivity contribution in [3.05, 3.63) is 47.4 Å². The van der Waals surface area contributed by atoms with Gasteiger partial charge in [-0.3, -0.25) is 9.97 Å². The molecule has 2 aromatic rings. The highest BCUT2D eigenvalue weighted by Gasteiger charge is 2.09. The molecule has 0 fully saturated rings. The van der Waals surface area contributed by atoms with Gasteiger partial charge in [0.05, 0.1) is 22.5 Å². The average Bonchev–Trinajstić information content (AvgIpc) is 2.30. The normalized spacial score (nSPS) is 10.1. The highest BCUT2D eigenvalue weighted by atomic mass is 35.5. The first-order chi connectivity index (χ1) is 7.68. The summed E-state index contributed by atoms with van der Waals surface area (Å²) in [5.74, 6) is -1.01. The van der Waals surface area contributed by atoms with Crippen molar-refractivity contribution >= 4 is 17.6 Å². The van der Waals surface area contributed by atoms with Gasteiger partial charge in [0.15, 0.2) is 0 Å². The van der Waals surface area contributed by atoms with E-state index < -0.39 is 5.97 Å². The van der Waals surface area contributed by atoms with Gasteiger partial charge in [0.2, 0.25) is 0 Å². The fraction of sp³-hybridized carbons (Fsp3) is 0. The molecule has 1 aromatic carbocycles. The van der Waals surface area contributed by atoms with Crippen LogP contribution in [-0.4, -0.2) is 21.0 Å². The second-order valence-electron chi connectivity index (χ2n) is 3.09. The minimum atomic E-state index is -1.01. The summed E-state index contributed by atoms with van der Waals surface area (Å²) in [5.41, 5.74) is 1.43. The molecule has 16 heavy (non-hydrogen) atoms. The van der Waals surface area contributed by atoms with Crippen molar-refractivity contribution in [1.82, 2.24) is 9.97 Å². The minimum absolute atomic E-state index is 0.151. The lowest BCUT2D eigenvalue weighted by atomic mass is 10.1. The summed E-state index contributed by atoms with van der Waals surface area (Å²) >= 11 is 5.98. The van der Waals surface area contributed by atoms with E-state index in [1.807, 2.05) is 0 Å². The Hall–Kier alpha value is -1.94. The van der Waals surface area contributed by atoms with Gasteiger partial charge in [-0.05, 0) is 12.1 Å². The zero-order chi connectivity index (χ0) is 11.5. The predicted molar refractivity (Wildman–Crippen MR) is 59.4 cm³/mol. The van der Waals surface area contributed by atoms with Crippen LogP contribution in [0.2, 0.25) is 5.02 Å². The van der Waals surface area contributed by atoms with Crippen LogP contribution in [0.3, 0.4) is 0 Å². The molecule has 1 N–H and O–H groups in total. The largest absolute Gasteiger partial charge is 0.478 e. The average molecular weight is 235 g/mol. The molecule has 0 atom stereocenters. The van der Waals surface area contributed by atoms with Crippen LogP contribution in [0, 0.1) is 0 Å². The van der Waals surface area contributed by atoms with E-state index in [4.69, 9.17) is 16.7 Å². The summed E-state index contributed by atoms with van der Waals surface area (Å²) in [6, 6.07) is 4.50. The summed E-state index contributed by atoms with van der Waals surface area (Å²) in [5, 5.41) is 9.13. The molecule has 0 aliphatic carbocycles. The quantitative estimate of drug-likeness (QED) is 0.867. The summed E-state index contributed by atoms with van der Waals surface area (Å²) in [7, 11) is 0. The fourth-order valence-electron chi connectivity index (χ4n) is 1.29. The van der Waals surface area contributed by atoms with E-state index in [9.17, 15) is 4.79 Å². The number of carbonyl (C=O) groups is 1. The van der Waals surface area contributed by atoms with Crippen molar-refractivity contribution in [2.45, 2.75) is 0 Å². The number of hydrogen-bond donors (Lipinski definition) is 1. The standard InChI is InChI=1S/C11H7ClN2O2/c12-9-5-7(11(15)16)1-2-8(9)10-6-13-3-4-14-10/h1-6H,(H,15,16). The maximum absolute atomic E-state index is 10.7.